The minimum absolute atomic E-state index is 0.183. The van der Waals surface area contributed by atoms with E-state index in [1.165, 1.54) is 38.5 Å². The molecule has 0 bridgehead atoms. The maximum absolute atomic E-state index is 6.11. The fraction of sp³-hybridized carbons (Fsp3) is 0.786. The number of imidazole rings is 1. The first kappa shape index (κ1) is 13.6. The lowest BCUT2D eigenvalue weighted by atomic mass is 9.88. The van der Waals surface area contributed by atoms with Crippen LogP contribution >= 0.6 is 0 Å². The minimum Gasteiger partial charge on any atom is -0.337 e. The van der Waals surface area contributed by atoms with E-state index in [0.717, 1.165) is 18.9 Å². The average Bonchev–Trinajstić information content (AvgIpc) is 2.66. The summed E-state index contributed by atoms with van der Waals surface area (Å²) in [6, 6.07) is 0. The smallest absolute Gasteiger partial charge is 0.122 e. The molecule has 1 aromatic heterocycles. The van der Waals surface area contributed by atoms with Gasteiger partial charge in [-0.25, -0.2) is 4.98 Å². The largest absolute Gasteiger partial charge is 0.337 e. The van der Waals surface area contributed by atoms with Crippen molar-refractivity contribution in [2.75, 3.05) is 13.6 Å². The summed E-state index contributed by atoms with van der Waals surface area (Å²) in [7, 11) is 4.26. The van der Waals surface area contributed by atoms with E-state index in [4.69, 9.17) is 5.73 Å². The van der Waals surface area contributed by atoms with Gasteiger partial charge in [0.15, 0.2) is 0 Å². The third-order valence-corrected chi connectivity index (χ3v) is 4.52. The van der Waals surface area contributed by atoms with E-state index in [1.807, 2.05) is 12.4 Å². The van der Waals surface area contributed by atoms with Crippen molar-refractivity contribution in [3.8, 4) is 0 Å². The van der Waals surface area contributed by atoms with Gasteiger partial charge in [0.1, 0.15) is 5.82 Å². The van der Waals surface area contributed by atoms with E-state index in [1.54, 1.807) is 0 Å². The number of aryl methyl sites for hydroxylation is 1. The van der Waals surface area contributed by atoms with E-state index in [-0.39, 0.29) is 5.54 Å². The summed E-state index contributed by atoms with van der Waals surface area (Å²) in [4.78, 5) is 6.85. The van der Waals surface area contributed by atoms with E-state index in [0.29, 0.717) is 0 Å². The van der Waals surface area contributed by atoms with Crippen LogP contribution in [0.5, 0.6) is 0 Å². The number of hydrogen-bond acceptors (Lipinski definition) is 3. The second kappa shape index (κ2) is 5.85. The van der Waals surface area contributed by atoms with Gasteiger partial charge in [-0.2, -0.15) is 0 Å². The Morgan fingerprint density at radius 1 is 1.33 bits per heavy atom. The van der Waals surface area contributed by atoms with Gasteiger partial charge < -0.3 is 10.3 Å². The Kier molecular flexibility index (Phi) is 4.40. The van der Waals surface area contributed by atoms with Crippen LogP contribution in [-0.4, -0.2) is 33.6 Å². The van der Waals surface area contributed by atoms with Crippen molar-refractivity contribution in [1.82, 2.24) is 14.5 Å². The van der Waals surface area contributed by atoms with Gasteiger partial charge >= 0.3 is 0 Å². The molecule has 4 nitrogen and oxygen atoms in total. The second-order valence-electron chi connectivity index (χ2n) is 5.65. The SMILES string of the molecule is CN(Cc1nccn1C)C1(CN)CCCCCC1. The quantitative estimate of drug-likeness (QED) is 0.830. The van der Waals surface area contributed by atoms with Gasteiger partial charge in [0.25, 0.3) is 0 Å². The fourth-order valence-electron chi connectivity index (χ4n) is 3.06. The Hall–Kier alpha value is -0.870. The zero-order chi connectivity index (χ0) is 13.0. The summed E-state index contributed by atoms with van der Waals surface area (Å²) in [5.41, 5.74) is 6.29. The molecule has 2 rings (SSSR count). The molecule has 0 radical (unpaired) electrons. The van der Waals surface area contributed by atoms with Crippen molar-refractivity contribution < 1.29 is 0 Å². The maximum atomic E-state index is 6.11. The Bertz CT molecular complexity index is 364. The fourth-order valence-corrected chi connectivity index (χ4v) is 3.06. The summed E-state index contributed by atoms with van der Waals surface area (Å²) in [6.45, 7) is 1.65. The monoisotopic (exact) mass is 250 g/mol. The normalized spacial score (nSPS) is 20.0. The van der Waals surface area contributed by atoms with Gasteiger partial charge in [0, 0.05) is 31.5 Å². The Balaban J connectivity index is 2.08. The molecule has 0 aliphatic heterocycles. The molecule has 0 saturated heterocycles. The molecular weight excluding hydrogens is 224 g/mol. The molecule has 18 heavy (non-hydrogen) atoms. The molecule has 102 valence electrons. The first-order valence-electron chi connectivity index (χ1n) is 7.05. The number of nitrogens with two attached hydrogens (primary N) is 1. The highest BCUT2D eigenvalue weighted by molar-refractivity contribution is 4.97. The van der Waals surface area contributed by atoms with Crippen LogP contribution in [0.25, 0.3) is 0 Å². The summed E-state index contributed by atoms with van der Waals surface area (Å²) in [5.74, 6) is 1.12. The van der Waals surface area contributed by atoms with Crippen molar-refractivity contribution in [2.24, 2.45) is 12.8 Å². The number of aromatic nitrogens is 2. The van der Waals surface area contributed by atoms with Crippen molar-refractivity contribution in [3.63, 3.8) is 0 Å². The van der Waals surface area contributed by atoms with Crippen LogP contribution in [0, 0.1) is 0 Å². The van der Waals surface area contributed by atoms with Crippen LogP contribution in [0.1, 0.15) is 44.3 Å². The van der Waals surface area contributed by atoms with Crippen LogP contribution < -0.4 is 5.73 Å². The molecule has 0 aromatic carbocycles. The molecule has 0 unspecified atom stereocenters. The Morgan fingerprint density at radius 3 is 2.50 bits per heavy atom. The minimum atomic E-state index is 0.183. The van der Waals surface area contributed by atoms with Crippen molar-refractivity contribution in [3.05, 3.63) is 18.2 Å². The molecule has 0 amide bonds. The molecule has 4 heteroatoms. The van der Waals surface area contributed by atoms with Crippen LogP contribution in [0.2, 0.25) is 0 Å². The highest BCUT2D eigenvalue weighted by Gasteiger charge is 2.33. The van der Waals surface area contributed by atoms with Gasteiger partial charge in [-0.3, -0.25) is 4.90 Å². The van der Waals surface area contributed by atoms with Crippen LogP contribution in [0.3, 0.4) is 0 Å². The highest BCUT2D eigenvalue weighted by Crippen LogP contribution is 2.31. The number of likely N-dealkylation sites (N-methyl/N-ethyl adjacent to an activating group) is 1. The molecule has 2 N–H and O–H groups in total. The molecule has 1 saturated carbocycles. The third-order valence-electron chi connectivity index (χ3n) is 4.52. The van der Waals surface area contributed by atoms with Gasteiger partial charge in [0.05, 0.1) is 6.54 Å². The average molecular weight is 250 g/mol. The van der Waals surface area contributed by atoms with E-state index in [9.17, 15) is 0 Å². The summed E-state index contributed by atoms with van der Waals surface area (Å²) < 4.78 is 2.09. The predicted octanol–water partition coefficient (Wildman–Crippen LogP) is 1.90. The predicted molar refractivity (Wildman–Crippen MR) is 74.2 cm³/mol. The Labute approximate surface area is 110 Å². The third kappa shape index (κ3) is 2.75. The summed E-state index contributed by atoms with van der Waals surface area (Å²) >= 11 is 0. The van der Waals surface area contributed by atoms with Gasteiger partial charge in [-0.15, -0.1) is 0 Å². The van der Waals surface area contributed by atoms with Gasteiger partial charge in [-0.05, 0) is 19.9 Å². The molecule has 1 aliphatic rings. The number of rotatable bonds is 4. The summed E-state index contributed by atoms with van der Waals surface area (Å²) in [6.07, 6.45) is 11.7. The lowest BCUT2D eigenvalue weighted by molar-refractivity contribution is 0.0960. The van der Waals surface area contributed by atoms with E-state index in [2.05, 4.69) is 28.5 Å². The molecule has 1 fully saturated rings. The molecule has 1 aromatic rings. The topological polar surface area (TPSA) is 47.1 Å². The first-order valence-corrected chi connectivity index (χ1v) is 7.05. The van der Waals surface area contributed by atoms with E-state index < -0.39 is 0 Å². The van der Waals surface area contributed by atoms with E-state index >= 15 is 0 Å². The van der Waals surface area contributed by atoms with Crippen molar-refractivity contribution >= 4 is 0 Å². The molecule has 1 heterocycles. The van der Waals surface area contributed by atoms with Crippen LogP contribution in [0.15, 0.2) is 12.4 Å². The van der Waals surface area contributed by atoms with Gasteiger partial charge in [-0.1, -0.05) is 25.7 Å². The molecule has 0 atom stereocenters. The maximum Gasteiger partial charge on any atom is 0.122 e. The molecular formula is C14H26N4. The lowest BCUT2D eigenvalue weighted by Gasteiger charge is -2.40. The first-order chi connectivity index (χ1) is 8.68. The lowest BCUT2D eigenvalue weighted by Crippen LogP contribution is -2.51. The highest BCUT2D eigenvalue weighted by atomic mass is 15.2. The molecule has 1 aliphatic carbocycles. The molecule has 0 spiro atoms. The zero-order valence-electron chi connectivity index (χ0n) is 11.7. The van der Waals surface area contributed by atoms with Crippen molar-refractivity contribution in [2.45, 2.75) is 50.6 Å². The summed E-state index contributed by atoms with van der Waals surface area (Å²) in [5, 5.41) is 0. The number of nitrogens with zero attached hydrogens (tertiary/aromatic N) is 3. The zero-order valence-corrected chi connectivity index (χ0v) is 11.7. The Morgan fingerprint density at radius 2 is 2.00 bits per heavy atom. The van der Waals surface area contributed by atoms with Gasteiger partial charge in [0.2, 0.25) is 0 Å². The standard InChI is InChI=1S/C14H26N4/c1-17-10-9-16-13(17)11-18(2)14(12-15)7-5-3-4-6-8-14/h9-10H,3-8,11-12,15H2,1-2H3. The van der Waals surface area contributed by atoms with Crippen LogP contribution in [-0.2, 0) is 13.6 Å². The number of hydrogen-bond donors (Lipinski definition) is 1. The van der Waals surface area contributed by atoms with Crippen molar-refractivity contribution in [1.29, 1.82) is 0 Å². The van der Waals surface area contributed by atoms with Crippen LogP contribution in [0.4, 0.5) is 0 Å². The second-order valence-corrected chi connectivity index (χ2v) is 5.65.